The molecule has 1 aromatic heterocycles. The zero-order valence-corrected chi connectivity index (χ0v) is 18.7. The highest BCUT2D eigenvalue weighted by Gasteiger charge is 2.20. The van der Waals surface area contributed by atoms with E-state index in [-0.39, 0.29) is 11.7 Å². The van der Waals surface area contributed by atoms with Gasteiger partial charge in [0.05, 0.1) is 18.0 Å². The number of thioether (sulfide) groups is 1. The van der Waals surface area contributed by atoms with Crippen LogP contribution >= 0.6 is 11.8 Å². The zero-order valence-electron chi connectivity index (χ0n) is 17.9. The van der Waals surface area contributed by atoms with E-state index >= 15 is 0 Å². The van der Waals surface area contributed by atoms with Crippen molar-refractivity contribution in [2.24, 2.45) is 0 Å². The van der Waals surface area contributed by atoms with Gasteiger partial charge in [0.1, 0.15) is 0 Å². The van der Waals surface area contributed by atoms with E-state index in [0.29, 0.717) is 24.2 Å². The number of amides is 1. The van der Waals surface area contributed by atoms with Crippen LogP contribution in [0.5, 0.6) is 0 Å². The van der Waals surface area contributed by atoms with Crippen LogP contribution < -0.4 is 5.32 Å². The number of ether oxygens (including phenoxy) is 1. The Morgan fingerprint density at radius 1 is 1.13 bits per heavy atom. The Labute approximate surface area is 182 Å². The summed E-state index contributed by atoms with van der Waals surface area (Å²) in [6.45, 7) is 7.39. The van der Waals surface area contributed by atoms with Crippen molar-refractivity contribution in [3.63, 3.8) is 0 Å². The van der Waals surface area contributed by atoms with Crippen LogP contribution in [0.4, 0.5) is 0 Å². The topological polar surface area (TPSA) is 69.0 Å². The minimum Gasteiger partial charge on any atom is -0.383 e. The van der Waals surface area contributed by atoms with Crippen LogP contribution in [0.1, 0.15) is 30.9 Å². The first-order valence-corrected chi connectivity index (χ1v) is 11.0. The quantitative estimate of drug-likeness (QED) is 0.411. The van der Waals surface area contributed by atoms with E-state index in [1.54, 1.807) is 7.11 Å². The molecule has 0 radical (unpaired) electrons. The molecule has 3 aromatic rings. The van der Waals surface area contributed by atoms with Gasteiger partial charge in [-0.15, -0.1) is 10.2 Å². The highest BCUT2D eigenvalue weighted by molar-refractivity contribution is 7.99. The van der Waals surface area contributed by atoms with Crippen molar-refractivity contribution >= 4 is 17.7 Å². The van der Waals surface area contributed by atoms with Crippen LogP contribution in [0.3, 0.4) is 0 Å². The summed E-state index contributed by atoms with van der Waals surface area (Å²) in [6.07, 6.45) is 0. The molecule has 6 nitrogen and oxygen atoms in total. The third-order valence-corrected chi connectivity index (χ3v) is 5.63. The monoisotopic (exact) mass is 424 g/mol. The van der Waals surface area contributed by atoms with Crippen LogP contribution in [0.15, 0.2) is 53.7 Å². The highest BCUT2D eigenvalue weighted by Crippen LogP contribution is 2.32. The number of nitrogens with one attached hydrogen (secondary N) is 1. The van der Waals surface area contributed by atoms with Gasteiger partial charge in [0.2, 0.25) is 5.91 Å². The predicted molar refractivity (Wildman–Crippen MR) is 121 cm³/mol. The Kier molecular flexibility index (Phi) is 7.65. The van der Waals surface area contributed by atoms with Gasteiger partial charge >= 0.3 is 0 Å². The molecule has 0 saturated carbocycles. The summed E-state index contributed by atoms with van der Waals surface area (Å²) < 4.78 is 7.04. The number of benzene rings is 2. The number of rotatable bonds is 9. The number of hydrogen-bond acceptors (Lipinski definition) is 5. The van der Waals surface area contributed by atoms with Gasteiger partial charge in [0.15, 0.2) is 11.0 Å². The van der Waals surface area contributed by atoms with Gasteiger partial charge in [-0.3, -0.25) is 9.36 Å². The van der Waals surface area contributed by atoms with E-state index in [1.165, 1.54) is 22.9 Å². The first-order chi connectivity index (χ1) is 14.5. The smallest absolute Gasteiger partial charge is 0.230 e. The molecule has 0 unspecified atom stereocenters. The van der Waals surface area contributed by atoms with E-state index in [2.05, 4.69) is 77.3 Å². The summed E-state index contributed by atoms with van der Waals surface area (Å²) in [5.41, 5.74) is 4.42. The number of aromatic nitrogens is 3. The number of carbonyl (C=O) groups is 1. The first kappa shape index (κ1) is 22.1. The number of para-hydroxylation sites is 1. The third-order valence-electron chi connectivity index (χ3n) is 4.70. The normalized spacial score (nSPS) is 11.1. The Bertz CT molecular complexity index is 983. The van der Waals surface area contributed by atoms with Crippen LogP contribution in [0, 0.1) is 6.92 Å². The van der Waals surface area contributed by atoms with Crippen LogP contribution in [0.25, 0.3) is 17.1 Å². The maximum Gasteiger partial charge on any atom is 0.230 e. The standard InChI is InChI=1S/C23H28N4O2S/c1-16(2)19-7-5-6-8-20(19)27-22(18-11-9-17(3)10-12-18)25-26-23(27)30-15-21(28)24-13-14-29-4/h5-12,16H,13-15H2,1-4H3,(H,24,28). The van der Waals surface area contributed by atoms with Gasteiger partial charge in [0, 0.05) is 19.2 Å². The SMILES string of the molecule is COCCNC(=O)CSc1nnc(-c2ccc(C)cc2)n1-c1ccccc1C(C)C. The highest BCUT2D eigenvalue weighted by atomic mass is 32.2. The predicted octanol–water partition coefficient (Wildman–Crippen LogP) is 4.22. The Morgan fingerprint density at radius 2 is 1.87 bits per heavy atom. The molecule has 3 rings (SSSR count). The lowest BCUT2D eigenvalue weighted by atomic mass is 10.0. The van der Waals surface area contributed by atoms with E-state index in [4.69, 9.17) is 4.74 Å². The van der Waals surface area contributed by atoms with Crippen molar-refractivity contribution in [1.29, 1.82) is 0 Å². The van der Waals surface area contributed by atoms with E-state index in [9.17, 15) is 4.79 Å². The molecular weight excluding hydrogens is 396 g/mol. The van der Waals surface area contributed by atoms with Crippen LogP contribution in [-0.4, -0.2) is 46.7 Å². The fraction of sp³-hybridized carbons (Fsp3) is 0.348. The van der Waals surface area contributed by atoms with E-state index in [0.717, 1.165) is 17.1 Å². The Balaban J connectivity index is 1.98. The van der Waals surface area contributed by atoms with Gasteiger partial charge in [0.25, 0.3) is 0 Å². The van der Waals surface area contributed by atoms with Gasteiger partial charge in [-0.05, 0) is 24.5 Å². The second-order valence-corrected chi connectivity index (χ2v) is 8.30. The first-order valence-electron chi connectivity index (χ1n) is 10.0. The molecule has 0 aliphatic carbocycles. The molecule has 0 spiro atoms. The Morgan fingerprint density at radius 3 is 2.57 bits per heavy atom. The molecule has 158 valence electrons. The molecule has 0 fully saturated rings. The maximum atomic E-state index is 12.2. The van der Waals surface area contributed by atoms with Crippen molar-refractivity contribution in [3.05, 3.63) is 59.7 Å². The van der Waals surface area contributed by atoms with Gasteiger partial charge in [-0.2, -0.15) is 0 Å². The van der Waals surface area contributed by atoms with Gasteiger partial charge in [-0.1, -0.05) is 73.6 Å². The Hall–Kier alpha value is -2.64. The minimum absolute atomic E-state index is 0.0550. The molecule has 7 heteroatoms. The number of nitrogens with zero attached hydrogens (tertiary/aromatic N) is 3. The summed E-state index contributed by atoms with van der Waals surface area (Å²) in [6, 6.07) is 16.5. The maximum absolute atomic E-state index is 12.2. The van der Waals surface area contributed by atoms with Crippen LogP contribution in [-0.2, 0) is 9.53 Å². The molecule has 1 amide bonds. The lowest BCUT2D eigenvalue weighted by Crippen LogP contribution is -2.28. The molecule has 0 aliphatic rings. The number of carbonyl (C=O) groups excluding carboxylic acids is 1. The van der Waals surface area contributed by atoms with Gasteiger partial charge in [-0.25, -0.2) is 0 Å². The molecule has 2 aromatic carbocycles. The fourth-order valence-electron chi connectivity index (χ4n) is 3.12. The molecule has 1 N–H and O–H groups in total. The summed E-state index contributed by atoms with van der Waals surface area (Å²) in [7, 11) is 1.61. The zero-order chi connectivity index (χ0) is 21.5. The van der Waals surface area contributed by atoms with Crippen molar-refractivity contribution < 1.29 is 9.53 Å². The third kappa shape index (κ3) is 5.29. The number of methoxy groups -OCH3 is 1. The summed E-state index contributed by atoms with van der Waals surface area (Å²) >= 11 is 1.38. The van der Waals surface area contributed by atoms with E-state index in [1.807, 2.05) is 12.1 Å². The second kappa shape index (κ2) is 10.4. The summed E-state index contributed by atoms with van der Waals surface area (Å²) in [5, 5.41) is 12.5. The lowest BCUT2D eigenvalue weighted by molar-refractivity contribution is -0.118. The molecule has 0 atom stereocenters. The fourth-order valence-corrected chi connectivity index (χ4v) is 3.90. The van der Waals surface area contributed by atoms with Crippen LogP contribution in [0.2, 0.25) is 0 Å². The minimum atomic E-state index is -0.0550. The molecule has 1 heterocycles. The molecule has 0 saturated heterocycles. The van der Waals surface area contributed by atoms with E-state index < -0.39 is 0 Å². The van der Waals surface area contributed by atoms with Crippen molar-refractivity contribution in [3.8, 4) is 17.1 Å². The summed E-state index contributed by atoms with van der Waals surface area (Å²) in [4.78, 5) is 12.2. The molecule has 0 aliphatic heterocycles. The average Bonchev–Trinajstić information content (AvgIpc) is 3.16. The molecule has 30 heavy (non-hydrogen) atoms. The van der Waals surface area contributed by atoms with Crippen molar-refractivity contribution in [1.82, 2.24) is 20.1 Å². The number of hydrogen-bond donors (Lipinski definition) is 1. The van der Waals surface area contributed by atoms with Crippen molar-refractivity contribution in [2.75, 3.05) is 26.0 Å². The molecule has 0 bridgehead atoms. The van der Waals surface area contributed by atoms with Crippen molar-refractivity contribution in [2.45, 2.75) is 31.8 Å². The second-order valence-electron chi connectivity index (χ2n) is 7.35. The summed E-state index contributed by atoms with van der Waals surface area (Å²) in [5.74, 6) is 1.32. The molecular formula is C23H28N4O2S. The average molecular weight is 425 g/mol. The largest absolute Gasteiger partial charge is 0.383 e. The number of aryl methyl sites for hydroxylation is 1. The lowest BCUT2D eigenvalue weighted by Gasteiger charge is -2.17. The van der Waals surface area contributed by atoms with Gasteiger partial charge < -0.3 is 10.1 Å².